The fourth-order valence-electron chi connectivity index (χ4n) is 1.92. The van der Waals surface area contributed by atoms with Crippen molar-refractivity contribution in [3.63, 3.8) is 0 Å². The third-order valence-electron chi connectivity index (χ3n) is 2.90. The summed E-state index contributed by atoms with van der Waals surface area (Å²) in [4.78, 5) is 3.65. The minimum Gasteiger partial charge on any atom is -0.393 e. The van der Waals surface area contributed by atoms with Crippen molar-refractivity contribution in [1.29, 1.82) is 0 Å². The average molecular weight is 283 g/mol. The third kappa shape index (κ3) is 6.35. The molecule has 1 aliphatic rings. The van der Waals surface area contributed by atoms with Crippen LogP contribution in [0, 0.1) is 0 Å². The first-order chi connectivity index (χ1) is 9.29. The van der Waals surface area contributed by atoms with Gasteiger partial charge in [0.1, 0.15) is 0 Å². The highest BCUT2D eigenvalue weighted by Gasteiger charge is 2.16. The lowest BCUT2D eigenvalue weighted by Gasteiger charge is -2.31. The molecule has 0 aromatic heterocycles. The number of aliphatic hydroxyl groups excluding tert-OH is 1. The summed E-state index contributed by atoms with van der Waals surface area (Å²) in [5.41, 5.74) is 1.28. The number of hydrogen-bond donors (Lipinski definition) is 1. The van der Waals surface area contributed by atoms with Crippen LogP contribution in [-0.2, 0) is 0 Å². The van der Waals surface area contributed by atoms with Gasteiger partial charge in [0.15, 0.2) is 0 Å². The Balaban J connectivity index is 0.000000741. The molecule has 3 heteroatoms. The van der Waals surface area contributed by atoms with Gasteiger partial charge in [-0.25, -0.2) is 0 Å². The zero-order valence-electron chi connectivity index (χ0n) is 13.0. The van der Waals surface area contributed by atoms with Gasteiger partial charge in [-0.05, 0) is 43.4 Å². The fourth-order valence-corrected chi connectivity index (χ4v) is 2.33. The van der Waals surface area contributed by atoms with Gasteiger partial charge in [0.2, 0.25) is 0 Å². The SMILES string of the molecule is CC.CC.CSc1ccc(N2CCC(O)CC2)cc1. The summed E-state index contributed by atoms with van der Waals surface area (Å²) in [6.45, 7) is 9.94. The Kier molecular flexibility index (Phi) is 10.8. The molecular weight excluding hydrogens is 254 g/mol. The molecule has 19 heavy (non-hydrogen) atoms. The van der Waals surface area contributed by atoms with Gasteiger partial charge in [0, 0.05) is 23.7 Å². The third-order valence-corrected chi connectivity index (χ3v) is 3.65. The second-order valence-corrected chi connectivity index (χ2v) is 4.80. The quantitative estimate of drug-likeness (QED) is 0.813. The minimum atomic E-state index is -0.0910. The van der Waals surface area contributed by atoms with E-state index in [1.807, 2.05) is 27.7 Å². The summed E-state index contributed by atoms with van der Waals surface area (Å²) in [7, 11) is 0. The van der Waals surface area contributed by atoms with Crippen molar-refractivity contribution in [2.24, 2.45) is 0 Å². The average Bonchev–Trinajstić information content (AvgIpc) is 2.52. The van der Waals surface area contributed by atoms with Crippen LogP contribution in [0.3, 0.4) is 0 Å². The Morgan fingerprint density at radius 2 is 1.47 bits per heavy atom. The number of rotatable bonds is 2. The van der Waals surface area contributed by atoms with Crippen molar-refractivity contribution in [3.8, 4) is 0 Å². The van der Waals surface area contributed by atoms with Crippen molar-refractivity contribution in [2.75, 3.05) is 24.2 Å². The molecule has 1 N–H and O–H groups in total. The van der Waals surface area contributed by atoms with Crippen LogP contribution in [0.1, 0.15) is 40.5 Å². The number of aliphatic hydroxyl groups is 1. The molecule has 0 amide bonds. The maximum Gasteiger partial charge on any atom is 0.0574 e. The minimum absolute atomic E-state index is 0.0910. The molecule has 1 aromatic rings. The molecule has 0 radical (unpaired) electrons. The van der Waals surface area contributed by atoms with Crippen LogP contribution >= 0.6 is 11.8 Å². The number of benzene rings is 1. The summed E-state index contributed by atoms with van der Waals surface area (Å²) >= 11 is 1.77. The number of hydrogen-bond acceptors (Lipinski definition) is 3. The molecule has 1 fully saturated rings. The maximum atomic E-state index is 9.43. The van der Waals surface area contributed by atoms with Crippen LogP contribution in [0.15, 0.2) is 29.2 Å². The van der Waals surface area contributed by atoms with E-state index in [4.69, 9.17) is 0 Å². The van der Waals surface area contributed by atoms with Crippen molar-refractivity contribution >= 4 is 17.4 Å². The Morgan fingerprint density at radius 3 is 1.89 bits per heavy atom. The van der Waals surface area contributed by atoms with E-state index < -0.39 is 0 Å². The van der Waals surface area contributed by atoms with E-state index in [-0.39, 0.29) is 6.10 Å². The topological polar surface area (TPSA) is 23.5 Å². The lowest BCUT2D eigenvalue weighted by Crippen LogP contribution is -2.35. The Bertz CT molecular complexity index is 305. The fraction of sp³-hybridized carbons (Fsp3) is 0.625. The van der Waals surface area contributed by atoms with Gasteiger partial charge >= 0.3 is 0 Å². The molecule has 2 rings (SSSR count). The van der Waals surface area contributed by atoms with Gasteiger partial charge < -0.3 is 10.0 Å². The molecular formula is C16H29NOS. The second kappa shape index (κ2) is 11.2. The monoisotopic (exact) mass is 283 g/mol. The highest BCUT2D eigenvalue weighted by molar-refractivity contribution is 7.98. The van der Waals surface area contributed by atoms with Crippen molar-refractivity contribution < 1.29 is 5.11 Å². The van der Waals surface area contributed by atoms with Crippen LogP contribution < -0.4 is 4.90 Å². The number of anilines is 1. The summed E-state index contributed by atoms with van der Waals surface area (Å²) in [6.07, 6.45) is 3.78. The number of piperidine rings is 1. The molecule has 1 aromatic carbocycles. The lowest BCUT2D eigenvalue weighted by molar-refractivity contribution is 0.145. The van der Waals surface area contributed by atoms with Gasteiger partial charge in [-0.2, -0.15) is 0 Å². The molecule has 0 spiro atoms. The van der Waals surface area contributed by atoms with Gasteiger partial charge in [0.25, 0.3) is 0 Å². The number of nitrogens with zero attached hydrogens (tertiary/aromatic N) is 1. The van der Waals surface area contributed by atoms with Gasteiger partial charge in [0.05, 0.1) is 6.10 Å². The van der Waals surface area contributed by atoms with Crippen LogP contribution in [0.2, 0.25) is 0 Å². The molecule has 0 saturated carbocycles. The standard InChI is InChI=1S/C12H17NOS.2C2H6/c1-15-12-4-2-10(3-5-12)13-8-6-11(14)7-9-13;2*1-2/h2-5,11,14H,6-9H2,1H3;2*1-2H3. The van der Waals surface area contributed by atoms with Crippen LogP contribution in [-0.4, -0.2) is 30.6 Å². The molecule has 2 nitrogen and oxygen atoms in total. The molecule has 0 bridgehead atoms. The van der Waals surface area contributed by atoms with Crippen LogP contribution in [0.5, 0.6) is 0 Å². The Morgan fingerprint density at radius 1 is 1.00 bits per heavy atom. The Hall–Kier alpha value is -0.670. The summed E-state index contributed by atoms with van der Waals surface area (Å²) in [5, 5.41) is 9.43. The molecule has 1 heterocycles. The van der Waals surface area contributed by atoms with Gasteiger partial charge in [-0.15, -0.1) is 11.8 Å². The van der Waals surface area contributed by atoms with Crippen molar-refractivity contribution in [2.45, 2.75) is 51.5 Å². The smallest absolute Gasteiger partial charge is 0.0574 e. The first-order valence-electron chi connectivity index (χ1n) is 7.36. The van der Waals surface area contributed by atoms with Crippen LogP contribution in [0.4, 0.5) is 5.69 Å². The van der Waals surface area contributed by atoms with Crippen molar-refractivity contribution in [3.05, 3.63) is 24.3 Å². The molecule has 1 saturated heterocycles. The maximum absolute atomic E-state index is 9.43. The van der Waals surface area contributed by atoms with E-state index in [1.165, 1.54) is 10.6 Å². The zero-order chi connectivity index (χ0) is 14.7. The molecule has 0 atom stereocenters. The normalized spacial score (nSPS) is 14.9. The predicted molar refractivity (Wildman–Crippen MR) is 88.4 cm³/mol. The molecule has 110 valence electrons. The van der Waals surface area contributed by atoms with E-state index in [0.717, 1.165) is 25.9 Å². The van der Waals surface area contributed by atoms with Gasteiger partial charge in [-0.1, -0.05) is 27.7 Å². The highest BCUT2D eigenvalue weighted by atomic mass is 32.2. The van der Waals surface area contributed by atoms with Gasteiger partial charge in [-0.3, -0.25) is 0 Å². The van der Waals surface area contributed by atoms with Crippen molar-refractivity contribution in [1.82, 2.24) is 0 Å². The molecule has 0 unspecified atom stereocenters. The van der Waals surface area contributed by atoms with E-state index in [2.05, 4.69) is 35.4 Å². The predicted octanol–water partition coefficient (Wildman–Crippen LogP) is 4.42. The van der Waals surface area contributed by atoms with E-state index in [1.54, 1.807) is 11.8 Å². The van der Waals surface area contributed by atoms with E-state index in [0.29, 0.717) is 0 Å². The van der Waals surface area contributed by atoms with E-state index >= 15 is 0 Å². The molecule has 0 aliphatic carbocycles. The van der Waals surface area contributed by atoms with E-state index in [9.17, 15) is 5.11 Å². The highest BCUT2D eigenvalue weighted by Crippen LogP contribution is 2.23. The summed E-state index contributed by atoms with van der Waals surface area (Å²) < 4.78 is 0. The first kappa shape index (κ1) is 18.3. The number of thioether (sulfide) groups is 1. The summed E-state index contributed by atoms with van der Waals surface area (Å²) in [6, 6.07) is 8.66. The lowest BCUT2D eigenvalue weighted by atomic mass is 10.1. The largest absolute Gasteiger partial charge is 0.393 e. The second-order valence-electron chi connectivity index (χ2n) is 3.92. The zero-order valence-corrected chi connectivity index (χ0v) is 13.8. The Labute approximate surface area is 123 Å². The first-order valence-corrected chi connectivity index (χ1v) is 8.59. The molecule has 1 aliphatic heterocycles. The summed E-state index contributed by atoms with van der Waals surface area (Å²) in [5.74, 6) is 0. The van der Waals surface area contributed by atoms with Crippen LogP contribution in [0.25, 0.3) is 0 Å².